The van der Waals surface area contributed by atoms with E-state index in [1.165, 1.54) is 33.4 Å². The van der Waals surface area contributed by atoms with Gasteiger partial charge in [0.05, 0.1) is 26.1 Å². The summed E-state index contributed by atoms with van der Waals surface area (Å²) in [5.41, 5.74) is 2.60. The topological polar surface area (TPSA) is 148 Å². The normalized spacial score (nSPS) is 12.7. The summed E-state index contributed by atoms with van der Waals surface area (Å²) in [4.78, 5) is 53.2. The smallest absolute Gasteiger partial charge is 0.260 e. The van der Waals surface area contributed by atoms with Crippen LogP contribution in [0.4, 0.5) is 23.1 Å². The maximum Gasteiger partial charge on any atom is 0.260 e. The zero-order chi connectivity index (χ0) is 30.9. The summed E-state index contributed by atoms with van der Waals surface area (Å²) in [6.45, 7) is 8.72. The van der Waals surface area contributed by atoms with E-state index in [-0.39, 0.29) is 30.6 Å². The number of amides is 2. The van der Waals surface area contributed by atoms with Crippen molar-refractivity contribution in [3.8, 4) is 17.4 Å². The Balaban J connectivity index is 1.50. The van der Waals surface area contributed by atoms with Crippen LogP contribution in [-0.4, -0.2) is 89.4 Å². The second kappa shape index (κ2) is 14.1. The Kier molecular flexibility index (Phi) is 10.1. The highest BCUT2D eigenvalue weighted by Gasteiger charge is 2.23. The van der Waals surface area contributed by atoms with Gasteiger partial charge in [-0.2, -0.15) is 4.98 Å². The monoisotopic (exact) mass is 589 g/mol. The Morgan fingerprint density at radius 3 is 2.40 bits per heavy atom. The van der Waals surface area contributed by atoms with E-state index in [1.54, 1.807) is 40.3 Å². The fraction of sp³-hybridized carbons (Fsp3) is 0.333. The lowest BCUT2D eigenvalue weighted by Crippen LogP contribution is -2.51. The molecule has 13 heteroatoms. The lowest BCUT2D eigenvalue weighted by atomic mass is 10.1. The molecule has 1 aliphatic heterocycles. The molecule has 2 amide bonds. The van der Waals surface area contributed by atoms with Gasteiger partial charge >= 0.3 is 0 Å². The van der Waals surface area contributed by atoms with Crippen LogP contribution in [0, 0.1) is 6.92 Å². The molecular weight excluding hydrogens is 554 g/mol. The minimum absolute atomic E-state index is 0.00191. The molecule has 0 aliphatic carbocycles. The van der Waals surface area contributed by atoms with E-state index < -0.39 is 0 Å². The van der Waals surface area contributed by atoms with Crippen molar-refractivity contribution in [1.82, 2.24) is 24.8 Å². The zero-order valence-corrected chi connectivity index (χ0v) is 24.7. The van der Waals surface area contributed by atoms with Gasteiger partial charge in [-0.15, -0.1) is 0 Å². The third-order valence-electron chi connectivity index (χ3n) is 6.85. The largest absolute Gasteiger partial charge is 0.493 e. The van der Waals surface area contributed by atoms with Crippen molar-refractivity contribution in [2.45, 2.75) is 20.3 Å². The third kappa shape index (κ3) is 7.97. The Hall–Kier alpha value is -5.20. The first-order chi connectivity index (χ1) is 20.7. The molecule has 13 nitrogen and oxygen atoms in total. The van der Waals surface area contributed by atoms with E-state index in [0.29, 0.717) is 72.3 Å². The summed E-state index contributed by atoms with van der Waals surface area (Å²) in [5.74, 6) is 1.77. The van der Waals surface area contributed by atoms with E-state index in [1.807, 2.05) is 6.92 Å². The Morgan fingerprint density at radius 1 is 0.977 bits per heavy atom. The Labute approximate surface area is 249 Å². The molecule has 0 atom stereocenters. The number of ketones is 1. The van der Waals surface area contributed by atoms with Crippen molar-refractivity contribution in [2.24, 2.45) is 0 Å². The molecule has 2 aromatic heterocycles. The van der Waals surface area contributed by atoms with Gasteiger partial charge in [0.15, 0.2) is 18.1 Å². The van der Waals surface area contributed by atoms with Crippen LogP contribution in [-0.2, 0) is 20.8 Å². The summed E-state index contributed by atoms with van der Waals surface area (Å²) < 4.78 is 16.4. The van der Waals surface area contributed by atoms with Gasteiger partial charge in [0, 0.05) is 63.0 Å². The van der Waals surface area contributed by atoms with Gasteiger partial charge < -0.3 is 34.6 Å². The second-order valence-electron chi connectivity index (χ2n) is 9.74. The maximum atomic E-state index is 12.7. The average molecular weight is 590 g/mol. The van der Waals surface area contributed by atoms with Crippen molar-refractivity contribution in [2.75, 3.05) is 57.6 Å². The highest BCUT2D eigenvalue weighted by molar-refractivity contribution is 5.92. The lowest BCUT2D eigenvalue weighted by molar-refractivity contribution is -0.139. The molecular formula is C30H35N7O6. The van der Waals surface area contributed by atoms with Crippen molar-refractivity contribution in [3.63, 3.8) is 0 Å². The summed E-state index contributed by atoms with van der Waals surface area (Å²) in [6.07, 6.45) is 4.52. The van der Waals surface area contributed by atoms with Crippen molar-refractivity contribution in [3.05, 3.63) is 60.4 Å². The van der Waals surface area contributed by atoms with Gasteiger partial charge in [0.2, 0.25) is 17.7 Å². The van der Waals surface area contributed by atoms with Crippen molar-refractivity contribution >= 4 is 40.7 Å². The Morgan fingerprint density at radius 2 is 1.72 bits per heavy atom. The first kappa shape index (κ1) is 30.8. The lowest BCUT2D eigenvalue weighted by Gasteiger charge is -2.34. The van der Waals surface area contributed by atoms with Gasteiger partial charge in [0.1, 0.15) is 11.6 Å². The summed E-state index contributed by atoms with van der Waals surface area (Å²) in [7, 11) is 3.05. The number of nitrogens with zero attached hydrogens (tertiary/aromatic N) is 5. The fourth-order valence-electron chi connectivity index (χ4n) is 4.37. The van der Waals surface area contributed by atoms with Crippen molar-refractivity contribution < 1.29 is 28.6 Å². The van der Waals surface area contributed by atoms with Gasteiger partial charge in [-0.3, -0.25) is 14.4 Å². The molecule has 0 bridgehead atoms. The van der Waals surface area contributed by atoms with Crippen LogP contribution in [0.2, 0.25) is 0 Å². The third-order valence-corrected chi connectivity index (χ3v) is 6.85. The molecule has 1 fully saturated rings. The SMILES string of the molecule is C=CC(=O)Cc1cc(OCC(=O)N2CCN(C(C)=O)CC2)ccc1Nc1nc(Nc2cc(OC)ncc2OC)ncc1C. The number of carbonyl (C=O) groups excluding carboxylic acids is 3. The van der Waals surface area contributed by atoms with Crippen LogP contribution in [0.1, 0.15) is 18.1 Å². The molecule has 1 aromatic carbocycles. The molecule has 1 saturated heterocycles. The molecule has 0 radical (unpaired) electrons. The minimum Gasteiger partial charge on any atom is -0.493 e. The number of piperazine rings is 1. The number of aromatic nitrogens is 3. The molecule has 3 aromatic rings. The second-order valence-corrected chi connectivity index (χ2v) is 9.74. The molecule has 0 unspecified atom stereocenters. The number of ether oxygens (including phenoxy) is 3. The molecule has 4 rings (SSSR count). The highest BCUT2D eigenvalue weighted by atomic mass is 16.5. The van der Waals surface area contributed by atoms with Gasteiger partial charge in [-0.1, -0.05) is 6.58 Å². The van der Waals surface area contributed by atoms with Crippen LogP contribution >= 0.6 is 0 Å². The van der Waals surface area contributed by atoms with Crippen LogP contribution in [0.5, 0.6) is 17.4 Å². The predicted octanol–water partition coefficient (Wildman–Crippen LogP) is 3.05. The predicted molar refractivity (Wildman–Crippen MR) is 160 cm³/mol. The van der Waals surface area contributed by atoms with E-state index in [2.05, 4.69) is 32.2 Å². The highest BCUT2D eigenvalue weighted by Crippen LogP contribution is 2.31. The van der Waals surface area contributed by atoms with E-state index in [4.69, 9.17) is 14.2 Å². The minimum atomic E-state index is -0.180. The first-order valence-corrected chi connectivity index (χ1v) is 13.6. The number of pyridine rings is 1. The molecule has 2 N–H and O–H groups in total. The van der Waals surface area contributed by atoms with Crippen molar-refractivity contribution in [1.29, 1.82) is 0 Å². The number of benzene rings is 1. The van der Waals surface area contributed by atoms with Gasteiger partial charge in [-0.05, 0) is 36.8 Å². The van der Waals surface area contributed by atoms with E-state index >= 15 is 0 Å². The molecule has 1 aliphatic rings. The average Bonchev–Trinajstić information content (AvgIpc) is 3.02. The number of carbonyl (C=O) groups is 3. The summed E-state index contributed by atoms with van der Waals surface area (Å²) in [5, 5.41) is 6.42. The number of aryl methyl sites for hydroxylation is 1. The van der Waals surface area contributed by atoms with Crippen LogP contribution in [0.25, 0.3) is 0 Å². The molecule has 3 heterocycles. The number of hydrogen-bond donors (Lipinski definition) is 2. The number of methoxy groups -OCH3 is 2. The maximum absolute atomic E-state index is 12.7. The van der Waals surface area contributed by atoms with Crippen LogP contribution in [0.3, 0.4) is 0 Å². The first-order valence-electron chi connectivity index (χ1n) is 13.6. The van der Waals surface area contributed by atoms with E-state index in [9.17, 15) is 14.4 Å². The number of rotatable bonds is 12. The van der Waals surface area contributed by atoms with Gasteiger partial charge in [-0.25, -0.2) is 9.97 Å². The Bertz CT molecular complexity index is 1500. The molecule has 0 spiro atoms. The number of anilines is 4. The number of nitrogens with one attached hydrogen (secondary N) is 2. The van der Waals surface area contributed by atoms with E-state index in [0.717, 1.165) is 5.56 Å². The standard InChI is InChI=1S/C30H35N7O6/c1-6-22(39)13-21-14-23(43-18-28(40)37-11-9-36(10-12-37)20(3)38)7-8-24(21)33-29-19(2)16-32-30(35-29)34-25-15-27(42-5)31-17-26(25)41-4/h6-8,14-17H,1,9-13,18H2,2-5H3,(H2,31,32,33,34,35). The van der Waals surface area contributed by atoms with Crippen LogP contribution in [0.15, 0.2) is 49.3 Å². The zero-order valence-electron chi connectivity index (χ0n) is 24.7. The quantitative estimate of drug-likeness (QED) is 0.300. The number of hydrogen-bond acceptors (Lipinski definition) is 11. The molecule has 0 saturated carbocycles. The van der Waals surface area contributed by atoms with Gasteiger partial charge in [0.25, 0.3) is 5.91 Å². The molecule has 226 valence electrons. The number of allylic oxidation sites excluding steroid dienone is 1. The summed E-state index contributed by atoms with van der Waals surface area (Å²) in [6, 6.07) is 6.87. The fourth-order valence-corrected chi connectivity index (χ4v) is 4.37. The summed E-state index contributed by atoms with van der Waals surface area (Å²) >= 11 is 0. The van der Waals surface area contributed by atoms with Crippen LogP contribution < -0.4 is 24.8 Å². The molecule has 43 heavy (non-hydrogen) atoms.